The van der Waals surface area contributed by atoms with Gasteiger partial charge in [0.05, 0.1) is 11.6 Å². The fourth-order valence-corrected chi connectivity index (χ4v) is 3.45. The third-order valence-corrected chi connectivity index (χ3v) is 4.70. The lowest BCUT2D eigenvalue weighted by molar-refractivity contribution is -0.139. The number of alkyl halides is 1. The molecule has 2 aromatic carbocycles. The summed E-state index contributed by atoms with van der Waals surface area (Å²) >= 11 is 9.27. The number of halogens is 2. The number of aliphatic hydroxyl groups is 1. The molecule has 0 radical (unpaired) electrons. The molecule has 1 heterocycles. The van der Waals surface area contributed by atoms with E-state index < -0.39 is 17.7 Å². The topological polar surface area (TPSA) is 57.6 Å². The predicted octanol–water partition coefficient (Wildman–Crippen LogP) is 4.16. The molecule has 0 bridgehead atoms. The maximum absolute atomic E-state index is 12.6. The Kier molecular flexibility index (Phi) is 5.25. The number of nitrogens with zero attached hydrogens (tertiary/aromatic N) is 1. The van der Waals surface area contributed by atoms with Crippen molar-refractivity contribution in [2.75, 3.05) is 11.9 Å². The minimum Gasteiger partial charge on any atom is -0.507 e. The Morgan fingerprint density at radius 2 is 1.72 bits per heavy atom. The first kappa shape index (κ1) is 17.7. The second-order valence-corrected chi connectivity index (χ2v) is 6.83. The van der Waals surface area contributed by atoms with E-state index in [1.165, 1.54) is 4.90 Å². The van der Waals surface area contributed by atoms with Crippen LogP contribution < -0.4 is 0 Å². The molecule has 1 N–H and O–H groups in total. The summed E-state index contributed by atoms with van der Waals surface area (Å²) in [5.41, 5.74) is 1.32. The van der Waals surface area contributed by atoms with Crippen LogP contribution in [0, 0.1) is 0 Å². The van der Waals surface area contributed by atoms with Gasteiger partial charge < -0.3 is 10.0 Å². The quantitative estimate of drug-likeness (QED) is 0.350. The molecule has 25 heavy (non-hydrogen) atoms. The Balaban J connectivity index is 2.18. The van der Waals surface area contributed by atoms with Gasteiger partial charge in [0, 0.05) is 22.5 Å². The first-order valence-corrected chi connectivity index (χ1v) is 9.19. The van der Waals surface area contributed by atoms with Crippen LogP contribution in [0.4, 0.5) is 0 Å². The molecular formula is C19H15BrClNO3. The van der Waals surface area contributed by atoms with Crippen LogP contribution in [-0.4, -0.2) is 33.6 Å². The summed E-state index contributed by atoms with van der Waals surface area (Å²) in [6, 6.07) is 15.0. The second-order valence-electron chi connectivity index (χ2n) is 5.60. The number of carbonyl (C=O) groups is 2. The molecule has 1 fully saturated rings. The molecule has 3 rings (SSSR count). The first-order chi connectivity index (χ1) is 12.0. The number of carbonyl (C=O) groups excluding carboxylic acids is 2. The zero-order valence-electron chi connectivity index (χ0n) is 13.2. The van der Waals surface area contributed by atoms with E-state index in [9.17, 15) is 14.7 Å². The Morgan fingerprint density at radius 3 is 2.32 bits per heavy atom. The number of likely N-dealkylation sites (tertiary alicyclic amines) is 1. The molecule has 1 atom stereocenters. The van der Waals surface area contributed by atoms with E-state index >= 15 is 0 Å². The van der Waals surface area contributed by atoms with Crippen molar-refractivity contribution in [1.29, 1.82) is 0 Å². The van der Waals surface area contributed by atoms with E-state index in [0.29, 0.717) is 22.5 Å². The largest absolute Gasteiger partial charge is 0.507 e. The predicted molar refractivity (Wildman–Crippen MR) is 101 cm³/mol. The summed E-state index contributed by atoms with van der Waals surface area (Å²) in [5.74, 6) is -1.46. The second kappa shape index (κ2) is 7.42. The zero-order valence-corrected chi connectivity index (χ0v) is 15.5. The van der Waals surface area contributed by atoms with Crippen LogP contribution in [0.5, 0.6) is 0 Å². The van der Waals surface area contributed by atoms with E-state index in [2.05, 4.69) is 15.9 Å². The third-order valence-electron chi connectivity index (χ3n) is 4.10. The summed E-state index contributed by atoms with van der Waals surface area (Å²) in [6.45, 7) is 0.351. The molecule has 6 heteroatoms. The Morgan fingerprint density at radius 1 is 1.08 bits per heavy atom. The van der Waals surface area contributed by atoms with Gasteiger partial charge in [-0.1, -0.05) is 70.0 Å². The highest BCUT2D eigenvalue weighted by Crippen LogP contribution is 2.39. The van der Waals surface area contributed by atoms with E-state index in [4.69, 9.17) is 11.6 Å². The fraction of sp³-hybridized carbons (Fsp3) is 0.158. The van der Waals surface area contributed by atoms with Crippen molar-refractivity contribution in [3.63, 3.8) is 0 Å². The highest BCUT2D eigenvalue weighted by molar-refractivity contribution is 9.09. The molecule has 4 nitrogen and oxygen atoms in total. The molecule has 0 aromatic heterocycles. The molecule has 128 valence electrons. The van der Waals surface area contributed by atoms with Gasteiger partial charge in [0.25, 0.3) is 11.7 Å². The Bertz CT molecular complexity index is 834. The number of rotatable bonds is 4. The van der Waals surface area contributed by atoms with Gasteiger partial charge in [0.1, 0.15) is 5.76 Å². The van der Waals surface area contributed by atoms with Gasteiger partial charge in [-0.25, -0.2) is 0 Å². The van der Waals surface area contributed by atoms with E-state index in [1.807, 2.05) is 6.07 Å². The summed E-state index contributed by atoms with van der Waals surface area (Å²) in [7, 11) is 0. The molecular weight excluding hydrogens is 406 g/mol. The van der Waals surface area contributed by atoms with Crippen molar-refractivity contribution in [3.8, 4) is 0 Å². The molecule has 1 aliphatic rings. The average Bonchev–Trinajstić information content (AvgIpc) is 2.88. The van der Waals surface area contributed by atoms with Crippen LogP contribution in [0.15, 0.2) is 60.2 Å². The van der Waals surface area contributed by atoms with Crippen LogP contribution in [0.1, 0.15) is 17.2 Å². The lowest BCUT2D eigenvalue weighted by Crippen LogP contribution is -2.31. The van der Waals surface area contributed by atoms with Crippen molar-refractivity contribution in [2.24, 2.45) is 0 Å². The monoisotopic (exact) mass is 419 g/mol. The Hall–Kier alpha value is -2.11. The summed E-state index contributed by atoms with van der Waals surface area (Å²) < 4.78 is 0. The van der Waals surface area contributed by atoms with Gasteiger partial charge in [-0.15, -0.1) is 0 Å². The van der Waals surface area contributed by atoms with E-state index in [1.54, 1.807) is 48.5 Å². The number of amides is 1. The van der Waals surface area contributed by atoms with Gasteiger partial charge in [-0.3, -0.25) is 9.59 Å². The van der Waals surface area contributed by atoms with Crippen molar-refractivity contribution in [2.45, 2.75) is 6.04 Å². The maximum atomic E-state index is 12.6. The number of benzene rings is 2. The number of aliphatic hydroxyl groups excluding tert-OH is 1. The van der Waals surface area contributed by atoms with Crippen LogP contribution in [0.3, 0.4) is 0 Å². The molecule has 1 saturated heterocycles. The molecule has 2 aromatic rings. The third kappa shape index (κ3) is 3.34. The van der Waals surface area contributed by atoms with Crippen molar-refractivity contribution >= 4 is 45.0 Å². The SMILES string of the molecule is O=C1C(=O)N(CCBr)[C@H](c2ccc(Cl)cc2)C1=C(O)c1ccccc1. The summed E-state index contributed by atoms with van der Waals surface area (Å²) in [5, 5.41) is 11.8. The van der Waals surface area contributed by atoms with Crippen LogP contribution in [0.2, 0.25) is 5.02 Å². The highest BCUT2D eigenvalue weighted by atomic mass is 79.9. The van der Waals surface area contributed by atoms with Gasteiger partial charge in [0.2, 0.25) is 0 Å². The van der Waals surface area contributed by atoms with E-state index in [-0.39, 0.29) is 11.3 Å². The smallest absolute Gasteiger partial charge is 0.295 e. The fourth-order valence-electron chi connectivity index (χ4n) is 2.94. The maximum Gasteiger partial charge on any atom is 0.295 e. The van der Waals surface area contributed by atoms with E-state index in [0.717, 1.165) is 5.56 Å². The molecule has 0 saturated carbocycles. The minimum atomic E-state index is -0.678. The van der Waals surface area contributed by atoms with Gasteiger partial charge in [-0.2, -0.15) is 0 Å². The molecule has 0 aliphatic carbocycles. The van der Waals surface area contributed by atoms with Gasteiger partial charge in [-0.05, 0) is 17.7 Å². The molecule has 1 aliphatic heterocycles. The lowest BCUT2D eigenvalue weighted by Gasteiger charge is -2.24. The standard InChI is InChI=1S/C19H15BrClNO3/c20-10-11-22-16(12-6-8-14(21)9-7-12)15(18(24)19(22)25)17(23)13-4-2-1-3-5-13/h1-9,16,23H,10-11H2/t16-/m1/s1. The molecule has 0 unspecified atom stereocenters. The van der Waals surface area contributed by atoms with Crippen molar-refractivity contribution < 1.29 is 14.7 Å². The summed E-state index contributed by atoms with van der Waals surface area (Å²) in [4.78, 5) is 26.5. The number of hydrogen-bond donors (Lipinski definition) is 1. The van der Waals surface area contributed by atoms with Crippen molar-refractivity contribution in [1.82, 2.24) is 4.90 Å². The molecule has 1 amide bonds. The van der Waals surface area contributed by atoms with Crippen molar-refractivity contribution in [3.05, 3.63) is 76.3 Å². The lowest BCUT2D eigenvalue weighted by atomic mass is 9.95. The number of hydrogen-bond acceptors (Lipinski definition) is 3. The highest BCUT2D eigenvalue weighted by Gasteiger charge is 2.45. The van der Waals surface area contributed by atoms with Crippen LogP contribution in [-0.2, 0) is 9.59 Å². The summed E-state index contributed by atoms with van der Waals surface area (Å²) in [6.07, 6.45) is 0. The first-order valence-electron chi connectivity index (χ1n) is 7.70. The minimum absolute atomic E-state index is 0.0967. The van der Waals surface area contributed by atoms with Crippen LogP contribution >= 0.6 is 27.5 Å². The zero-order chi connectivity index (χ0) is 18.0. The normalized spacial score (nSPS) is 19.4. The number of ketones is 1. The Labute approximate surface area is 158 Å². The van der Waals surface area contributed by atoms with Gasteiger partial charge in [0.15, 0.2) is 0 Å². The number of Topliss-reactive ketones (excluding diaryl/α,β-unsaturated/α-hetero) is 1. The van der Waals surface area contributed by atoms with Crippen LogP contribution in [0.25, 0.3) is 5.76 Å². The molecule has 0 spiro atoms. The average molecular weight is 421 g/mol. The van der Waals surface area contributed by atoms with Gasteiger partial charge >= 0.3 is 0 Å².